The zero-order chi connectivity index (χ0) is 36.7. The lowest BCUT2D eigenvalue weighted by atomic mass is 9.81. The lowest BCUT2D eigenvalue weighted by Crippen LogP contribution is -2.20. The van der Waals surface area contributed by atoms with Crippen LogP contribution in [0.15, 0.2) is 194 Å². The van der Waals surface area contributed by atoms with Crippen LogP contribution in [0.1, 0.15) is 25.0 Å². The maximum atomic E-state index is 2.49. The van der Waals surface area contributed by atoms with Crippen LogP contribution in [0.4, 0.5) is 17.1 Å². The number of hydrogen-bond donors (Lipinski definition) is 0. The van der Waals surface area contributed by atoms with Gasteiger partial charge in [-0.05, 0) is 110 Å². The minimum Gasteiger partial charge on any atom is -0.310 e. The summed E-state index contributed by atoms with van der Waals surface area (Å²) >= 11 is 0. The van der Waals surface area contributed by atoms with Gasteiger partial charge in [0.2, 0.25) is 0 Å². The predicted molar refractivity (Wildman–Crippen MR) is 233 cm³/mol. The zero-order valence-electron chi connectivity index (χ0n) is 30.9. The molecular weight excluding hydrogens is 665 g/mol. The molecule has 0 unspecified atom stereocenters. The Kier molecular flexibility index (Phi) is 6.93. The van der Waals surface area contributed by atoms with Crippen LogP contribution in [0.5, 0.6) is 0 Å². The number of fused-ring (bicyclic) bond motifs is 9. The molecule has 0 bridgehead atoms. The first kappa shape index (κ1) is 31.6. The summed E-state index contributed by atoms with van der Waals surface area (Å²) in [4.78, 5) is 2.49. The molecule has 2 nitrogen and oxygen atoms in total. The van der Waals surface area contributed by atoms with E-state index in [2.05, 4.69) is 217 Å². The van der Waals surface area contributed by atoms with E-state index in [4.69, 9.17) is 0 Å². The Morgan fingerprint density at radius 3 is 1.91 bits per heavy atom. The van der Waals surface area contributed by atoms with Gasteiger partial charge in [0, 0.05) is 33.2 Å². The number of anilines is 3. The summed E-state index contributed by atoms with van der Waals surface area (Å²) in [5.74, 6) is 0. The van der Waals surface area contributed by atoms with Crippen molar-refractivity contribution in [3.05, 3.63) is 205 Å². The van der Waals surface area contributed by atoms with E-state index in [1.54, 1.807) is 0 Å². The van der Waals surface area contributed by atoms with E-state index >= 15 is 0 Å². The maximum Gasteiger partial charge on any atom is 0.0547 e. The molecule has 0 spiro atoms. The van der Waals surface area contributed by atoms with Crippen LogP contribution in [0, 0.1) is 0 Å². The van der Waals surface area contributed by atoms with E-state index in [9.17, 15) is 0 Å². The Balaban J connectivity index is 1.12. The number of aromatic nitrogens is 1. The average Bonchev–Trinajstić information content (AvgIpc) is 3.70. The van der Waals surface area contributed by atoms with Crippen molar-refractivity contribution in [2.75, 3.05) is 4.90 Å². The normalized spacial score (nSPS) is 13.1. The second-order valence-corrected chi connectivity index (χ2v) is 15.3. The third kappa shape index (κ3) is 4.74. The van der Waals surface area contributed by atoms with Gasteiger partial charge in [0.1, 0.15) is 0 Å². The molecule has 55 heavy (non-hydrogen) atoms. The van der Waals surface area contributed by atoms with Crippen molar-refractivity contribution >= 4 is 60.4 Å². The fraction of sp³-hybridized carbons (Fsp3) is 0.0566. The van der Waals surface area contributed by atoms with Crippen molar-refractivity contribution in [3.8, 4) is 27.9 Å². The largest absolute Gasteiger partial charge is 0.310 e. The molecule has 0 fully saturated rings. The van der Waals surface area contributed by atoms with Gasteiger partial charge in [-0.1, -0.05) is 153 Å². The molecule has 260 valence electrons. The predicted octanol–water partition coefficient (Wildman–Crippen LogP) is 14.5. The van der Waals surface area contributed by atoms with E-state index in [1.807, 2.05) is 0 Å². The highest BCUT2D eigenvalue weighted by Gasteiger charge is 2.38. The van der Waals surface area contributed by atoms with E-state index in [0.29, 0.717) is 0 Å². The van der Waals surface area contributed by atoms with Crippen molar-refractivity contribution in [2.45, 2.75) is 19.3 Å². The van der Waals surface area contributed by atoms with E-state index < -0.39 is 0 Å². The SMILES string of the molecule is CC1(C)c2ccccc2-c2cccc(N(c3ccc(-c4cccc5c4c4ccccc4n5-c4ccccc4)cc3)c3ccc4ccc5ccccc5c4c3)c21. The second kappa shape index (κ2) is 12.1. The van der Waals surface area contributed by atoms with E-state index in [-0.39, 0.29) is 5.41 Å². The molecule has 0 radical (unpaired) electrons. The van der Waals surface area contributed by atoms with Crippen molar-refractivity contribution in [2.24, 2.45) is 0 Å². The summed E-state index contributed by atoms with van der Waals surface area (Å²) in [6, 6.07) is 71.4. The van der Waals surface area contributed by atoms with Crippen LogP contribution in [0.25, 0.3) is 71.3 Å². The van der Waals surface area contributed by atoms with Crippen LogP contribution in [-0.2, 0) is 5.41 Å². The topological polar surface area (TPSA) is 8.17 Å². The minimum atomic E-state index is -0.174. The number of benzene rings is 9. The Bertz CT molecular complexity index is 3110. The van der Waals surface area contributed by atoms with Gasteiger partial charge < -0.3 is 9.47 Å². The first-order valence-electron chi connectivity index (χ1n) is 19.2. The molecule has 1 aliphatic carbocycles. The summed E-state index contributed by atoms with van der Waals surface area (Å²) in [6.45, 7) is 4.76. The molecule has 10 aromatic rings. The van der Waals surface area contributed by atoms with Gasteiger partial charge in [0.05, 0.1) is 16.7 Å². The minimum absolute atomic E-state index is 0.174. The smallest absolute Gasteiger partial charge is 0.0547 e. The summed E-state index contributed by atoms with van der Waals surface area (Å²) < 4.78 is 2.39. The highest BCUT2D eigenvalue weighted by atomic mass is 15.1. The lowest BCUT2D eigenvalue weighted by Gasteiger charge is -2.32. The Hall–Kier alpha value is -6.90. The Morgan fingerprint density at radius 2 is 1.05 bits per heavy atom. The third-order valence-electron chi connectivity index (χ3n) is 11.9. The van der Waals surface area contributed by atoms with Gasteiger partial charge in [-0.3, -0.25) is 0 Å². The molecule has 1 heterocycles. The first-order chi connectivity index (χ1) is 27.1. The van der Waals surface area contributed by atoms with Gasteiger partial charge in [-0.15, -0.1) is 0 Å². The standard InChI is InChI=1S/C53H38N2/c1-53(2)47-22-10-8-18-43(47)44-21-13-25-50(52(44)53)54(40-33-30-37-27-26-35-14-6-7-17-41(35)46(37)34-40)39-31-28-36(29-32-39)42-20-12-24-49-51(42)45-19-9-11-23-48(45)55(49)38-15-4-3-5-16-38/h3-34H,1-2H3. The fourth-order valence-corrected chi connectivity index (χ4v) is 9.47. The van der Waals surface area contributed by atoms with Crippen LogP contribution in [0.2, 0.25) is 0 Å². The number of rotatable bonds is 5. The Morgan fingerprint density at radius 1 is 0.436 bits per heavy atom. The van der Waals surface area contributed by atoms with Crippen molar-refractivity contribution in [3.63, 3.8) is 0 Å². The monoisotopic (exact) mass is 702 g/mol. The zero-order valence-corrected chi connectivity index (χ0v) is 30.9. The van der Waals surface area contributed by atoms with Gasteiger partial charge in [-0.2, -0.15) is 0 Å². The average molecular weight is 703 g/mol. The highest BCUT2D eigenvalue weighted by Crippen LogP contribution is 2.54. The molecule has 9 aromatic carbocycles. The van der Waals surface area contributed by atoms with Gasteiger partial charge in [0.15, 0.2) is 0 Å². The molecule has 0 atom stereocenters. The van der Waals surface area contributed by atoms with Crippen molar-refractivity contribution in [1.29, 1.82) is 0 Å². The molecule has 0 aliphatic heterocycles. The molecular formula is C53H38N2. The molecule has 0 saturated carbocycles. The van der Waals surface area contributed by atoms with E-state index in [1.165, 1.54) is 88.1 Å². The molecule has 11 rings (SSSR count). The molecule has 2 heteroatoms. The van der Waals surface area contributed by atoms with Gasteiger partial charge in [0.25, 0.3) is 0 Å². The summed E-state index contributed by atoms with van der Waals surface area (Å²) in [5.41, 5.74) is 14.7. The Labute approximate surface area is 321 Å². The molecule has 0 amide bonds. The summed E-state index contributed by atoms with van der Waals surface area (Å²) in [5, 5.41) is 7.55. The molecule has 0 saturated heterocycles. The molecule has 1 aromatic heterocycles. The van der Waals surface area contributed by atoms with Crippen LogP contribution in [-0.4, -0.2) is 4.57 Å². The number of hydrogen-bond acceptors (Lipinski definition) is 1. The van der Waals surface area contributed by atoms with Gasteiger partial charge in [-0.25, -0.2) is 0 Å². The maximum absolute atomic E-state index is 2.49. The van der Waals surface area contributed by atoms with Crippen LogP contribution in [0.3, 0.4) is 0 Å². The quantitative estimate of drug-likeness (QED) is 0.162. The van der Waals surface area contributed by atoms with Crippen molar-refractivity contribution in [1.82, 2.24) is 4.57 Å². The fourth-order valence-electron chi connectivity index (χ4n) is 9.47. The molecule has 0 N–H and O–H groups in total. The van der Waals surface area contributed by atoms with Crippen LogP contribution >= 0.6 is 0 Å². The van der Waals surface area contributed by atoms with Crippen molar-refractivity contribution < 1.29 is 0 Å². The van der Waals surface area contributed by atoms with Crippen LogP contribution < -0.4 is 4.90 Å². The first-order valence-corrected chi connectivity index (χ1v) is 19.2. The second-order valence-electron chi connectivity index (χ2n) is 15.3. The van der Waals surface area contributed by atoms with Gasteiger partial charge >= 0.3 is 0 Å². The number of nitrogens with zero attached hydrogens (tertiary/aromatic N) is 2. The third-order valence-corrected chi connectivity index (χ3v) is 11.9. The summed E-state index contributed by atoms with van der Waals surface area (Å²) in [6.07, 6.45) is 0. The summed E-state index contributed by atoms with van der Waals surface area (Å²) in [7, 11) is 0. The highest BCUT2D eigenvalue weighted by molar-refractivity contribution is 6.16. The van der Waals surface area contributed by atoms with E-state index in [0.717, 1.165) is 11.4 Å². The lowest BCUT2D eigenvalue weighted by molar-refractivity contribution is 0.661. The molecule has 1 aliphatic rings. The number of para-hydroxylation sites is 2.